The highest BCUT2D eigenvalue weighted by molar-refractivity contribution is 5.50. The number of ether oxygens (including phenoxy) is 1. The number of fused-ring (bicyclic) bond motifs is 1. The van der Waals surface area contributed by atoms with Gasteiger partial charge in [0.15, 0.2) is 5.82 Å². The van der Waals surface area contributed by atoms with Gasteiger partial charge in [-0.3, -0.25) is 0 Å². The van der Waals surface area contributed by atoms with Crippen LogP contribution >= 0.6 is 0 Å². The monoisotopic (exact) mass is 326 g/mol. The van der Waals surface area contributed by atoms with Crippen LogP contribution in [-0.4, -0.2) is 44.4 Å². The molecule has 0 radical (unpaired) electrons. The summed E-state index contributed by atoms with van der Waals surface area (Å²) in [6.07, 6.45) is 4.34. The van der Waals surface area contributed by atoms with Crippen LogP contribution in [0.15, 0.2) is 6.20 Å². The molecule has 24 heavy (non-hydrogen) atoms. The van der Waals surface area contributed by atoms with Crippen molar-refractivity contribution in [2.75, 3.05) is 30.3 Å². The lowest BCUT2D eigenvalue weighted by Gasteiger charge is -2.20. The molecular formula is C15H18N8O. The summed E-state index contributed by atoms with van der Waals surface area (Å²) in [6.45, 7) is 3.00. The van der Waals surface area contributed by atoms with Gasteiger partial charge in [0.25, 0.3) is 0 Å². The molecule has 2 aliphatic rings. The van der Waals surface area contributed by atoms with Crippen molar-refractivity contribution in [3.8, 4) is 6.07 Å². The number of aromatic nitrogens is 5. The van der Waals surface area contributed by atoms with E-state index < -0.39 is 0 Å². The second kappa shape index (κ2) is 6.05. The van der Waals surface area contributed by atoms with Crippen molar-refractivity contribution < 1.29 is 4.74 Å². The number of nitriles is 1. The van der Waals surface area contributed by atoms with Crippen LogP contribution in [0.2, 0.25) is 0 Å². The second-order valence-corrected chi connectivity index (χ2v) is 5.95. The van der Waals surface area contributed by atoms with Crippen molar-refractivity contribution in [2.24, 2.45) is 0 Å². The lowest BCUT2D eigenvalue weighted by Crippen LogP contribution is -2.29. The van der Waals surface area contributed by atoms with E-state index in [0.717, 1.165) is 57.2 Å². The van der Waals surface area contributed by atoms with Gasteiger partial charge >= 0.3 is 0 Å². The molecule has 1 saturated heterocycles. The van der Waals surface area contributed by atoms with E-state index >= 15 is 0 Å². The van der Waals surface area contributed by atoms with Crippen molar-refractivity contribution >= 4 is 11.8 Å². The Kier molecular flexibility index (Phi) is 3.74. The molecular weight excluding hydrogens is 308 g/mol. The van der Waals surface area contributed by atoms with Crippen molar-refractivity contribution in [1.29, 1.82) is 5.26 Å². The highest BCUT2D eigenvalue weighted by atomic mass is 16.5. The summed E-state index contributed by atoms with van der Waals surface area (Å²) in [5, 5.41) is 17.6. The van der Waals surface area contributed by atoms with Gasteiger partial charge in [0.2, 0.25) is 5.95 Å². The molecule has 1 unspecified atom stereocenters. The minimum Gasteiger partial charge on any atom is -0.382 e. The maximum Gasteiger partial charge on any atom is 0.227 e. The molecule has 9 heteroatoms. The number of nitrogens with two attached hydrogens (primary N) is 1. The van der Waals surface area contributed by atoms with E-state index in [1.165, 1.54) is 6.20 Å². The predicted molar refractivity (Wildman–Crippen MR) is 85.0 cm³/mol. The summed E-state index contributed by atoms with van der Waals surface area (Å²) in [7, 11) is 0. The summed E-state index contributed by atoms with van der Waals surface area (Å²) in [5.74, 6) is 2.64. The van der Waals surface area contributed by atoms with Gasteiger partial charge in [-0.15, -0.1) is 10.2 Å². The average molecular weight is 326 g/mol. The fourth-order valence-electron chi connectivity index (χ4n) is 3.19. The van der Waals surface area contributed by atoms with Gasteiger partial charge in [-0.2, -0.15) is 10.2 Å². The van der Waals surface area contributed by atoms with E-state index in [0.29, 0.717) is 11.5 Å². The number of nitrogens with zero attached hydrogens (tertiary/aromatic N) is 7. The van der Waals surface area contributed by atoms with E-state index in [-0.39, 0.29) is 11.9 Å². The lowest BCUT2D eigenvalue weighted by atomic mass is 10.2. The highest BCUT2D eigenvalue weighted by Crippen LogP contribution is 2.28. The van der Waals surface area contributed by atoms with Crippen LogP contribution in [0.1, 0.15) is 36.2 Å². The maximum absolute atomic E-state index is 8.94. The molecule has 0 bridgehead atoms. The Balaban J connectivity index is 1.55. The molecule has 9 nitrogen and oxygen atoms in total. The molecule has 0 spiro atoms. The molecule has 0 saturated carbocycles. The molecule has 1 atom stereocenters. The molecule has 4 rings (SSSR count). The first-order valence-corrected chi connectivity index (χ1v) is 8.07. The molecule has 2 aliphatic heterocycles. The fourth-order valence-corrected chi connectivity index (χ4v) is 3.19. The zero-order valence-electron chi connectivity index (χ0n) is 13.2. The fraction of sp³-hybridized carbons (Fsp3) is 0.533. The van der Waals surface area contributed by atoms with Crippen LogP contribution in [0.25, 0.3) is 0 Å². The first-order valence-electron chi connectivity index (χ1n) is 8.07. The largest absolute Gasteiger partial charge is 0.382 e. The Morgan fingerprint density at radius 2 is 2.21 bits per heavy atom. The average Bonchev–Trinajstić information content (AvgIpc) is 3.20. The van der Waals surface area contributed by atoms with Gasteiger partial charge in [0.05, 0.1) is 6.20 Å². The van der Waals surface area contributed by atoms with E-state index in [9.17, 15) is 0 Å². The molecule has 4 heterocycles. The molecule has 2 aromatic heterocycles. The number of anilines is 2. The predicted octanol–water partition coefficient (Wildman–Crippen LogP) is 0.436. The quantitative estimate of drug-likeness (QED) is 0.844. The maximum atomic E-state index is 8.94. The Morgan fingerprint density at radius 3 is 2.96 bits per heavy atom. The summed E-state index contributed by atoms with van der Waals surface area (Å²) >= 11 is 0. The number of rotatable bonds is 2. The molecule has 0 aromatic carbocycles. The van der Waals surface area contributed by atoms with Gasteiger partial charge in [-0.25, -0.2) is 4.98 Å². The Morgan fingerprint density at radius 1 is 1.29 bits per heavy atom. The van der Waals surface area contributed by atoms with Gasteiger partial charge in [0, 0.05) is 32.7 Å². The van der Waals surface area contributed by atoms with Crippen LogP contribution in [0, 0.1) is 11.3 Å². The molecule has 2 aromatic rings. The number of hydrogen-bond donors (Lipinski definition) is 1. The second-order valence-electron chi connectivity index (χ2n) is 5.95. The van der Waals surface area contributed by atoms with E-state index in [4.69, 9.17) is 15.7 Å². The van der Waals surface area contributed by atoms with Crippen LogP contribution in [-0.2, 0) is 17.7 Å². The van der Waals surface area contributed by atoms with Crippen molar-refractivity contribution in [1.82, 2.24) is 24.7 Å². The molecule has 0 amide bonds. The summed E-state index contributed by atoms with van der Waals surface area (Å²) in [4.78, 5) is 10.6. The first kappa shape index (κ1) is 14.8. The van der Waals surface area contributed by atoms with E-state index in [1.54, 1.807) is 0 Å². The third kappa shape index (κ3) is 2.55. The van der Waals surface area contributed by atoms with E-state index in [1.807, 2.05) is 6.07 Å². The van der Waals surface area contributed by atoms with Gasteiger partial charge in [-0.1, -0.05) is 0 Å². The third-order valence-corrected chi connectivity index (χ3v) is 4.48. The Labute approximate surface area is 139 Å². The summed E-state index contributed by atoms with van der Waals surface area (Å²) in [5.41, 5.74) is 6.10. The highest BCUT2D eigenvalue weighted by Gasteiger charge is 2.27. The summed E-state index contributed by atoms with van der Waals surface area (Å²) in [6, 6.07) is 1.98. The number of nitrogen functional groups attached to an aromatic ring is 1. The molecule has 124 valence electrons. The Bertz CT molecular complexity index is 789. The van der Waals surface area contributed by atoms with Crippen LogP contribution in [0.3, 0.4) is 0 Å². The minimum absolute atomic E-state index is 0.0552. The molecule has 1 fully saturated rings. The number of hydrogen-bond acceptors (Lipinski definition) is 8. The van der Waals surface area contributed by atoms with E-state index in [2.05, 4.69) is 29.6 Å². The minimum atomic E-state index is 0.0552. The topological polar surface area (TPSA) is 119 Å². The molecule has 2 N–H and O–H groups in total. The normalized spacial score (nSPS) is 20.5. The van der Waals surface area contributed by atoms with Crippen LogP contribution in [0.5, 0.6) is 0 Å². The smallest absolute Gasteiger partial charge is 0.227 e. The van der Waals surface area contributed by atoms with Gasteiger partial charge in [-0.05, 0) is 12.8 Å². The Hall–Kier alpha value is -2.73. The first-order chi connectivity index (χ1) is 11.8. The van der Waals surface area contributed by atoms with Crippen LogP contribution < -0.4 is 10.6 Å². The SMILES string of the molecule is N#Cc1cnc(N2CCc3nnc(C4CCCO4)n3CC2)nc1N. The lowest BCUT2D eigenvalue weighted by molar-refractivity contribution is 0.101. The summed E-state index contributed by atoms with van der Waals surface area (Å²) < 4.78 is 7.90. The zero-order chi connectivity index (χ0) is 16.5. The molecule has 0 aliphatic carbocycles. The van der Waals surface area contributed by atoms with Crippen LogP contribution in [0.4, 0.5) is 11.8 Å². The van der Waals surface area contributed by atoms with Crippen molar-refractivity contribution in [2.45, 2.75) is 31.9 Å². The zero-order valence-corrected chi connectivity index (χ0v) is 13.2. The van der Waals surface area contributed by atoms with Crippen molar-refractivity contribution in [3.05, 3.63) is 23.4 Å². The standard InChI is InChI=1S/C15H18N8O/c16-8-10-9-18-15(19-13(10)17)22-4-3-12-20-21-14(23(12)6-5-22)11-2-1-7-24-11/h9,11H,1-7H2,(H2,17,18,19). The third-order valence-electron chi connectivity index (χ3n) is 4.48. The van der Waals surface area contributed by atoms with Crippen molar-refractivity contribution in [3.63, 3.8) is 0 Å². The van der Waals surface area contributed by atoms with Gasteiger partial charge in [0.1, 0.15) is 29.4 Å². The van der Waals surface area contributed by atoms with Gasteiger partial charge < -0.3 is 19.9 Å².